The highest BCUT2D eigenvalue weighted by Crippen LogP contribution is 2.21. The van der Waals surface area contributed by atoms with E-state index in [0.29, 0.717) is 10.9 Å². The molecule has 3 aromatic rings. The Kier molecular flexibility index (Phi) is 5.61. The molecule has 0 spiro atoms. The highest BCUT2D eigenvalue weighted by Gasteiger charge is 2.09. The van der Waals surface area contributed by atoms with Crippen LogP contribution in [-0.2, 0) is 11.2 Å². The second-order valence-corrected chi connectivity index (χ2v) is 7.42. The third kappa shape index (κ3) is 4.91. The Labute approximate surface area is 149 Å². The fourth-order valence-electron chi connectivity index (χ4n) is 2.08. The van der Waals surface area contributed by atoms with Gasteiger partial charge in [-0.05, 0) is 24.6 Å². The van der Waals surface area contributed by atoms with Crippen molar-refractivity contribution in [1.82, 2.24) is 10.2 Å². The lowest BCUT2D eigenvalue weighted by Gasteiger charge is -2.02. The second-order valence-electron chi connectivity index (χ2n) is 5.31. The molecular weight excluding hydrogens is 338 g/mol. The number of rotatable bonds is 6. The Bertz CT molecular complexity index is 801. The van der Waals surface area contributed by atoms with Gasteiger partial charge in [-0.3, -0.25) is 10.1 Å². The van der Waals surface area contributed by atoms with Crippen molar-refractivity contribution in [3.8, 4) is 0 Å². The van der Waals surface area contributed by atoms with Gasteiger partial charge in [0.2, 0.25) is 11.0 Å². The van der Waals surface area contributed by atoms with Crippen molar-refractivity contribution in [2.24, 2.45) is 0 Å². The topological polar surface area (TPSA) is 54.9 Å². The number of amides is 1. The number of aryl methyl sites for hydroxylation is 1. The minimum absolute atomic E-state index is 0.0667. The van der Waals surface area contributed by atoms with Crippen molar-refractivity contribution in [3.63, 3.8) is 0 Å². The fraction of sp³-hybridized carbons (Fsp3) is 0.167. The summed E-state index contributed by atoms with van der Waals surface area (Å²) in [6, 6.07) is 18.2. The van der Waals surface area contributed by atoms with Crippen LogP contribution >= 0.6 is 23.1 Å². The molecule has 0 bridgehead atoms. The van der Waals surface area contributed by atoms with Gasteiger partial charge in [0.1, 0.15) is 5.01 Å². The summed E-state index contributed by atoms with van der Waals surface area (Å²) in [5.41, 5.74) is 2.39. The van der Waals surface area contributed by atoms with Crippen LogP contribution in [0.3, 0.4) is 0 Å². The highest BCUT2D eigenvalue weighted by atomic mass is 32.2. The van der Waals surface area contributed by atoms with Crippen molar-refractivity contribution in [2.75, 3.05) is 11.1 Å². The minimum atomic E-state index is -0.0667. The van der Waals surface area contributed by atoms with Crippen LogP contribution in [-0.4, -0.2) is 21.9 Å². The monoisotopic (exact) mass is 355 g/mol. The molecule has 0 radical (unpaired) electrons. The van der Waals surface area contributed by atoms with Gasteiger partial charge < -0.3 is 0 Å². The Hall–Kier alpha value is -2.18. The lowest BCUT2D eigenvalue weighted by atomic mass is 10.2. The van der Waals surface area contributed by atoms with Crippen LogP contribution in [0.25, 0.3) is 0 Å². The van der Waals surface area contributed by atoms with E-state index in [4.69, 9.17) is 0 Å². The van der Waals surface area contributed by atoms with Crippen LogP contribution in [0.5, 0.6) is 0 Å². The quantitative estimate of drug-likeness (QED) is 0.674. The first-order chi connectivity index (χ1) is 11.7. The molecule has 0 unspecified atom stereocenters. The minimum Gasteiger partial charge on any atom is -0.300 e. The average Bonchev–Trinajstić information content (AvgIpc) is 3.02. The number of nitrogens with zero attached hydrogens (tertiary/aromatic N) is 2. The molecule has 122 valence electrons. The van der Waals surface area contributed by atoms with Crippen LogP contribution in [0.15, 0.2) is 59.5 Å². The van der Waals surface area contributed by atoms with Gasteiger partial charge in [-0.2, -0.15) is 0 Å². The molecule has 0 aliphatic heterocycles. The summed E-state index contributed by atoms with van der Waals surface area (Å²) in [6.45, 7) is 2.05. The molecule has 2 aromatic carbocycles. The number of hydrogen-bond donors (Lipinski definition) is 1. The van der Waals surface area contributed by atoms with E-state index in [1.807, 2.05) is 49.4 Å². The molecule has 0 saturated heterocycles. The molecule has 0 aliphatic rings. The molecule has 1 N–H and O–H groups in total. The summed E-state index contributed by atoms with van der Waals surface area (Å²) in [5.74, 6) is 0.291. The fourth-order valence-corrected chi connectivity index (χ4v) is 3.57. The van der Waals surface area contributed by atoms with E-state index in [1.165, 1.54) is 34.2 Å². The smallest absolute Gasteiger partial charge is 0.236 e. The van der Waals surface area contributed by atoms with Gasteiger partial charge in [0.25, 0.3) is 0 Å². The maximum absolute atomic E-state index is 12.0. The first-order valence-corrected chi connectivity index (χ1v) is 9.35. The number of benzene rings is 2. The van der Waals surface area contributed by atoms with E-state index in [9.17, 15) is 4.79 Å². The third-order valence-corrected chi connectivity index (χ3v) is 5.15. The number of hydrogen-bond acceptors (Lipinski definition) is 5. The summed E-state index contributed by atoms with van der Waals surface area (Å²) in [5, 5.41) is 12.4. The van der Waals surface area contributed by atoms with Crippen LogP contribution in [0.2, 0.25) is 0 Å². The second kappa shape index (κ2) is 8.08. The lowest BCUT2D eigenvalue weighted by molar-refractivity contribution is -0.113. The van der Waals surface area contributed by atoms with Gasteiger partial charge in [0.05, 0.1) is 5.75 Å². The molecule has 4 nitrogen and oxygen atoms in total. The molecule has 1 heterocycles. The standard InChI is InChI=1S/C18H17N3OS2/c1-13-7-9-15(10-8-13)23-12-16(22)19-18-21-20-17(24-18)11-14-5-3-2-4-6-14/h2-10H,11-12H2,1H3,(H,19,21,22). The van der Waals surface area contributed by atoms with Crippen molar-refractivity contribution in [1.29, 1.82) is 0 Å². The number of thioether (sulfide) groups is 1. The van der Waals surface area contributed by atoms with Crippen LogP contribution in [0.4, 0.5) is 5.13 Å². The van der Waals surface area contributed by atoms with Crippen molar-refractivity contribution in [2.45, 2.75) is 18.2 Å². The van der Waals surface area contributed by atoms with Crippen LogP contribution in [0.1, 0.15) is 16.1 Å². The normalized spacial score (nSPS) is 10.5. The zero-order chi connectivity index (χ0) is 16.8. The first-order valence-electron chi connectivity index (χ1n) is 7.55. The largest absolute Gasteiger partial charge is 0.300 e. The molecule has 6 heteroatoms. The van der Waals surface area contributed by atoms with E-state index >= 15 is 0 Å². The molecule has 0 aliphatic carbocycles. The van der Waals surface area contributed by atoms with Gasteiger partial charge in [-0.25, -0.2) is 0 Å². The highest BCUT2D eigenvalue weighted by molar-refractivity contribution is 8.00. The van der Waals surface area contributed by atoms with E-state index in [-0.39, 0.29) is 5.91 Å². The molecule has 0 fully saturated rings. The van der Waals surface area contributed by atoms with Crippen molar-refractivity contribution < 1.29 is 4.79 Å². The van der Waals surface area contributed by atoms with Gasteiger partial charge in [0, 0.05) is 11.3 Å². The van der Waals surface area contributed by atoms with Crippen molar-refractivity contribution in [3.05, 3.63) is 70.7 Å². The molecule has 1 amide bonds. The maximum Gasteiger partial charge on any atom is 0.236 e. The molecule has 3 rings (SSSR count). The van der Waals surface area contributed by atoms with E-state index in [0.717, 1.165) is 16.3 Å². The molecule has 24 heavy (non-hydrogen) atoms. The maximum atomic E-state index is 12.0. The third-order valence-electron chi connectivity index (χ3n) is 3.30. The summed E-state index contributed by atoms with van der Waals surface area (Å²) in [6.07, 6.45) is 0.729. The van der Waals surface area contributed by atoms with E-state index < -0.39 is 0 Å². The SMILES string of the molecule is Cc1ccc(SCC(=O)Nc2nnc(Cc3ccccc3)s2)cc1. The summed E-state index contributed by atoms with van der Waals surface area (Å²) in [4.78, 5) is 13.1. The number of carbonyl (C=O) groups is 1. The molecular formula is C18H17N3OS2. The molecule has 0 saturated carbocycles. The Balaban J connectivity index is 1.50. The number of anilines is 1. The Morgan fingerprint density at radius 2 is 1.83 bits per heavy atom. The summed E-state index contributed by atoms with van der Waals surface area (Å²) < 4.78 is 0. The van der Waals surface area contributed by atoms with Gasteiger partial charge in [0.15, 0.2) is 0 Å². The van der Waals surface area contributed by atoms with Crippen LogP contribution < -0.4 is 5.32 Å². The zero-order valence-corrected chi connectivity index (χ0v) is 14.9. The van der Waals surface area contributed by atoms with Crippen LogP contribution in [0, 0.1) is 6.92 Å². The summed E-state index contributed by atoms with van der Waals surface area (Å²) >= 11 is 2.93. The Morgan fingerprint density at radius 1 is 1.08 bits per heavy atom. The number of carbonyl (C=O) groups excluding carboxylic acids is 1. The zero-order valence-electron chi connectivity index (χ0n) is 13.2. The lowest BCUT2D eigenvalue weighted by Crippen LogP contribution is -2.13. The molecule has 0 atom stereocenters. The number of aromatic nitrogens is 2. The van der Waals surface area contributed by atoms with Gasteiger partial charge >= 0.3 is 0 Å². The predicted molar refractivity (Wildman–Crippen MR) is 99.7 cm³/mol. The van der Waals surface area contributed by atoms with Gasteiger partial charge in [-0.15, -0.1) is 22.0 Å². The Morgan fingerprint density at radius 3 is 2.58 bits per heavy atom. The van der Waals surface area contributed by atoms with Gasteiger partial charge in [-0.1, -0.05) is 59.4 Å². The molecule has 1 aromatic heterocycles. The van der Waals surface area contributed by atoms with Crippen molar-refractivity contribution >= 4 is 34.1 Å². The number of nitrogens with one attached hydrogen (secondary N) is 1. The predicted octanol–water partition coefficient (Wildman–Crippen LogP) is 4.17. The first kappa shape index (κ1) is 16.7. The van der Waals surface area contributed by atoms with E-state index in [2.05, 4.69) is 27.6 Å². The summed E-state index contributed by atoms with van der Waals surface area (Å²) in [7, 11) is 0. The average molecular weight is 355 g/mol. The van der Waals surface area contributed by atoms with E-state index in [1.54, 1.807) is 0 Å².